The highest BCUT2D eigenvalue weighted by atomic mass is 32.2. The van der Waals surface area contributed by atoms with Gasteiger partial charge in [0.15, 0.2) is 0 Å². The Morgan fingerprint density at radius 2 is 2.58 bits per heavy atom. The smallest absolute Gasteiger partial charge is 0.306 e. The van der Waals surface area contributed by atoms with Crippen molar-refractivity contribution < 1.29 is 9.53 Å². The summed E-state index contributed by atoms with van der Waals surface area (Å²) in [5.74, 6) is 0.785. The molecule has 0 aromatic heterocycles. The minimum atomic E-state index is -0.103. The van der Waals surface area contributed by atoms with E-state index >= 15 is 0 Å². The highest BCUT2D eigenvalue weighted by molar-refractivity contribution is 7.99. The molecule has 0 spiro atoms. The van der Waals surface area contributed by atoms with E-state index in [9.17, 15) is 4.79 Å². The van der Waals surface area contributed by atoms with Gasteiger partial charge < -0.3 is 10.1 Å². The lowest BCUT2D eigenvalue weighted by Crippen LogP contribution is -2.11. The molecule has 0 unspecified atom stereocenters. The number of hydrogen-bond acceptors (Lipinski definition) is 4. The normalized spacial score (nSPS) is 22.6. The van der Waals surface area contributed by atoms with Gasteiger partial charge >= 0.3 is 5.97 Å². The summed E-state index contributed by atoms with van der Waals surface area (Å²) in [5, 5.41) is 3.99. The number of carbonyl (C=O) groups excluding carboxylic acids is 1. The van der Waals surface area contributed by atoms with Gasteiger partial charge in [-0.25, -0.2) is 0 Å². The average Bonchev–Trinajstić information content (AvgIpc) is 2.57. The van der Waals surface area contributed by atoms with E-state index in [2.05, 4.69) is 10.1 Å². The van der Waals surface area contributed by atoms with Crippen LogP contribution in [0.2, 0.25) is 0 Å². The number of nitrogens with one attached hydrogen (secondary N) is 1. The Bertz CT molecular complexity index is 146. The van der Waals surface area contributed by atoms with Gasteiger partial charge in [-0.15, -0.1) is 0 Å². The van der Waals surface area contributed by atoms with Crippen LogP contribution in [-0.4, -0.2) is 37.2 Å². The minimum Gasteiger partial charge on any atom is -0.469 e. The van der Waals surface area contributed by atoms with Crippen molar-refractivity contribution in [2.24, 2.45) is 0 Å². The SMILES string of the molecule is COC(=O)CCS[C@H]1CCNC1. The Kier molecular flexibility index (Phi) is 4.46. The molecule has 1 heterocycles. The third-order valence-electron chi connectivity index (χ3n) is 1.90. The fourth-order valence-electron chi connectivity index (χ4n) is 1.18. The second kappa shape index (κ2) is 5.43. The zero-order chi connectivity index (χ0) is 8.81. The van der Waals surface area contributed by atoms with Gasteiger partial charge in [-0.05, 0) is 13.0 Å². The third-order valence-corrected chi connectivity index (χ3v) is 3.22. The summed E-state index contributed by atoms with van der Waals surface area (Å²) in [6, 6.07) is 0. The van der Waals surface area contributed by atoms with Gasteiger partial charge in [-0.2, -0.15) is 11.8 Å². The maximum atomic E-state index is 10.7. The van der Waals surface area contributed by atoms with E-state index in [0.717, 1.165) is 18.8 Å². The number of carbonyl (C=O) groups is 1. The van der Waals surface area contributed by atoms with Crippen LogP contribution in [0.25, 0.3) is 0 Å². The molecule has 1 saturated heterocycles. The van der Waals surface area contributed by atoms with Crippen molar-refractivity contribution in [2.45, 2.75) is 18.1 Å². The largest absolute Gasteiger partial charge is 0.469 e. The summed E-state index contributed by atoms with van der Waals surface area (Å²) in [4.78, 5) is 10.7. The molecule has 1 N–H and O–H groups in total. The third kappa shape index (κ3) is 3.45. The van der Waals surface area contributed by atoms with E-state index in [1.54, 1.807) is 0 Å². The molecule has 0 amide bonds. The molecule has 0 bridgehead atoms. The van der Waals surface area contributed by atoms with Crippen LogP contribution in [0.1, 0.15) is 12.8 Å². The van der Waals surface area contributed by atoms with Crippen LogP contribution in [0.4, 0.5) is 0 Å². The first kappa shape index (κ1) is 9.86. The quantitative estimate of drug-likeness (QED) is 0.659. The molecule has 0 aromatic carbocycles. The standard InChI is InChI=1S/C8H15NO2S/c1-11-8(10)3-5-12-7-2-4-9-6-7/h7,9H,2-6H2,1H3/t7-/m0/s1. The first-order valence-corrected chi connectivity index (χ1v) is 5.27. The summed E-state index contributed by atoms with van der Waals surface area (Å²) in [7, 11) is 1.43. The maximum absolute atomic E-state index is 10.7. The summed E-state index contributed by atoms with van der Waals surface area (Å²) >= 11 is 1.86. The molecule has 0 saturated carbocycles. The summed E-state index contributed by atoms with van der Waals surface area (Å²) in [5.41, 5.74) is 0. The number of ether oxygens (including phenoxy) is 1. The number of methoxy groups -OCH3 is 1. The highest BCUT2D eigenvalue weighted by Gasteiger charge is 2.14. The maximum Gasteiger partial charge on any atom is 0.306 e. The van der Waals surface area contributed by atoms with Crippen molar-refractivity contribution in [3.05, 3.63) is 0 Å². The topological polar surface area (TPSA) is 38.3 Å². The predicted octanol–water partition coefficient (Wildman–Crippen LogP) is 0.645. The lowest BCUT2D eigenvalue weighted by atomic mass is 10.4. The second-order valence-corrected chi connectivity index (χ2v) is 4.22. The van der Waals surface area contributed by atoms with E-state index in [0.29, 0.717) is 11.7 Å². The summed E-state index contributed by atoms with van der Waals surface area (Å²) in [6.07, 6.45) is 1.77. The molecule has 1 fully saturated rings. The highest BCUT2D eigenvalue weighted by Crippen LogP contribution is 2.17. The van der Waals surface area contributed by atoms with Crippen molar-refractivity contribution >= 4 is 17.7 Å². The van der Waals surface area contributed by atoms with Crippen molar-refractivity contribution in [1.82, 2.24) is 5.32 Å². The van der Waals surface area contributed by atoms with Crippen LogP contribution in [0.15, 0.2) is 0 Å². The van der Waals surface area contributed by atoms with E-state index in [4.69, 9.17) is 0 Å². The van der Waals surface area contributed by atoms with Crippen molar-refractivity contribution in [3.63, 3.8) is 0 Å². The van der Waals surface area contributed by atoms with Crippen LogP contribution in [-0.2, 0) is 9.53 Å². The van der Waals surface area contributed by atoms with E-state index in [-0.39, 0.29) is 5.97 Å². The Morgan fingerprint density at radius 1 is 1.75 bits per heavy atom. The Balaban J connectivity index is 1.97. The van der Waals surface area contributed by atoms with Gasteiger partial charge in [0.1, 0.15) is 0 Å². The van der Waals surface area contributed by atoms with Crippen LogP contribution in [0.5, 0.6) is 0 Å². The molecule has 1 aliphatic heterocycles. The van der Waals surface area contributed by atoms with Crippen LogP contribution < -0.4 is 5.32 Å². The molecule has 1 rings (SSSR count). The summed E-state index contributed by atoms with van der Waals surface area (Å²) in [6.45, 7) is 2.21. The molecule has 1 aliphatic rings. The number of thioether (sulfide) groups is 1. The molecule has 0 aliphatic carbocycles. The number of rotatable bonds is 4. The Labute approximate surface area is 77.2 Å². The van der Waals surface area contributed by atoms with E-state index in [1.807, 2.05) is 11.8 Å². The van der Waals surface area contributed by atoms with Gasteiger partial charge in [0, 0.05) is 17.5 Å². The second-order valence-electron chi connectivity index (χ2n) is 2.81. The average molecular weight is 189 g/mol. The predicted molar refractivity (Wildman–Crippen MR) is 50.4 cm³/mol. The van der Waals surface area contributed by atoms with Crippen LogP contribution in [0, 0.1) is 0 Å². The minimum absolute atomic E-state index is 0.103. The monoisotopic (exact) mass is 189 g/mol. The molecule has 3 nitrogen and oxygen atoms in total. The van der Waals surface area contributed by atoms with Gasteiger partial charge in [0.2, 0.25) is 0 Å². The first-order chi connectivity index (χ1) is 5.83. The molecular formula is C8H15NO2S. The summed E-state index contributed by atoms with van der Waals surface area (Å²) < 4.78 is 4.55. The van der Waals surface area contributed by atoms with Crippen molar-refractivity contribution in [2.75, 3.05) is 26.0 Å². The zero-order valence-corrected chi connectivity index (χ0v) is 8.15. The molecule has 1 atom stereocenters. The zero-order valence-electron chi connectivity index (χ0n) is 7.34. The molecule has 4 heteroatoms. The molecule has 0 radical (unpaired) electrons. The van der Waals surface area contributed by atoms with E-state index < -0.39 is 0 Å². The molecule has 70 valence electrons. The van der Waals surface area contributed by atoms with Crippen molar-refractivity contribution in [1.29, 1.82) is 0 Å². The van der Waals surface area contributed by atoms with E-state index in [1.165, 1.54) is 13.5 Å². The fourth-order valence-corrected chi connectivity index (χ4v) is 2.32. The van der Waals surface area contributed by atoms with Crippen molar-refractivity contribution in [3.8, 4) is 0 Å². The first-order valence-electron chi connectivity index (χ1n) is 4.22. The van der Waals surface area contributed by atoms with Gasteiger partial charge in [-0.3, -0.25) is 4.79 Å². The van der Waals surface area contributed by atoms with Crippen LogP contribution >= 0.6 is 11.8 Å². The van der Waals surface area contributed by atoms with Gasteiger partial charge in [0.25, 0.3) is 0 Å². The Morgan fingerprint density at radius 3 is 3.17 bits per heavy atom. The molecule has 0 aromatic rings. The molecule has 12 heavy (non-hydrogen) atoms. The number of hydrogen-bond donors (Lipinski definition) is 1. The molecular weight excluding hydrogens is 174 g/mol. The number of esters is 1. The fraction of sp³-hybridized carbons (Fsp3) is 0.875. The Hall–Kier alpha value is -0.220. The lowest BCUT2D eigenvalue weighted by Gasteiger charge is -2.06. The van der Waals surface area contributed by atoms with Gasteiger partial charge in [-0.1, -0.05) is 0 Å². The van der Waals surface area contributed by atoms with Crippen LogP contribution in [0.3, 0.4) is 0 Å². The lowest BCUT2D eigenvalue weighted by molar-refractivity contribution is -0.140. The van der Waals surface area contributed by atoms with Gasteiger partial charge in [0.05, 0.1) is 13.5 Å².